The molecule has 0 saturated carbocycles. The maximum Gasteiger partial charge on any atom is 0.425 e. The number of hydrogen-bond acceptors (Lipinski definition) is 45. The molecular weight excluding hydrogens is 2050 g/mol. The van der Waals surface area contributed by atoms with E-state index in [1.807, 2.05) is 24.3 Å². The quantitative estimate of drug-likeness (QED) is 0.00445. The standard InChI is InChI=1S/C59H58N18O22S8.C13H9N3O.2CH4.3O3S/c1-33-24-46(72-75-54-35(3)39(32-60)55-63-40-12-4-5-13-49(40)76(55)56(54)78)50(99-17-7-20-102(81,82)83)29-42(33)69-74-48-28-44(64-59-66-57(61-16-23-105(90,91)92)65-58(67-59)62-36-10-6-11-38(26-36)106(93,94)95)45(31-52(48)101-19-9-22-104(87,88)89)71-73-47-25-34(2)43(30-51(47)100-18-8-21-103(84,85)86)70-68-41-15-14-37(77(79)80)27-53(41)107(96,97)98;1-8-6-12(17)16-11-5-3-2-4-10(11)15-13(16)9(8)7-14;;;3*1-4(2)3/h4-6,10-15,24-31,78H,7-9,16-23H2,1-3H3,(H,81,82,83)(H,84,85,86)(H,87,88,89)(H,90,91,92)(H,93,94,95)(H,96,97,98)(H3,61,62,64,65,66,67);2-6,15H,1H3;2*1H4;;;. The maximum absolute atomic E-state index is 12.4. The molecule has 64 heteroatoms. The minimum absolute atomic E-state index is 0. The first-order chi connectivity index (χ1) is 63.6. The lowest BCUT2D eigenvalue weighted by atomic mass is 10.1. The van der Waals surface area contributed by atoms with E-state index in [9.17, 15) is 103 Å². The molecule has 0 spiro atoms. The van der Waals surface area contributed by atoms with Crippen LogP contribution < -0.4 is 26.2 Å². The van der Waals surface area contributed by atoms with Gasteiger partial charge in [0.2, 0.25) is 23.7 Å². The summed E-state index contributed by atoms with van der Waals surface area (Å²) >= 11 is 1.92. The van der Waals surface area contributed by atoms with E-state index in [2.05, 4.69) is 93.9 Å². The predicted molar refractivity (Wildman–Crippen MR) is 497 cm³/mol. The van der Waals surface area contributed by atoms with Gasteiger partial charge < -0.3 is 30.8 Å². The van der Waals surface area contributed by atoms with Gasteiger partial charge in [-0.15, -0.1) is 92.1 Å². The highest BCUT2D eigenvalue weighted by Crippen LogP contribution is 2.46. The van der Waals surface area contributed by atoms with Crippen LogP contribution in [0.2, 0.25) is 0 Å². The topological polar surface area (TPSA) is 828 Å². The fourth-order valence-corrected chi connectivity index (χ4v) is 17.0. The first-order valence-electron chi connectivity index (χ1n) is 37.2. The zero-order valence-electron chi connectivity index (χ0n) is 69.4. The number of benzene rings is 7. The highest BCUT2D eigenvalue weighted by Gasteiger charge is 2.26. The van der Waals surface area contributed by atoms with E-state index in [4.69, 9.17) is 47.9 Å². The number of nitro benzene ring substituents is 1. The van der Waals surface area contributed by atoms with Gasteiger partial charge in [-0.2, -0.15) is 86.2 Å². The number of aromatic hydroxyl groups is 1. The largest absolute Gasteiger partial charge is 0.493 e. The Balaban J connectivity index is 0.000000804. The number of anilines is 5. The van der Waals surface area contributed by atoms with Gasteiger partial charge in [0.05, 0.1) is 89.8 Å². The molecule has 0 saturated heterocycles. The lowest BCUT2D eigenvalue weighted by Crippen LogP contribution is -2.17. The van der Waals surface area contributed by atoms with E-state index in [-0.39, 0.29) is 159 Å². The summed E-state index contributed by atoms with van der Waals surface area (Å²) in [4.78, 5) is 42.1. The summed E-state index contributed by atoms with van der Waals surface area (Å²) in [6.45, 7) is 5.49. The number of hydrogen-bond donors (Lipinski definition) is 11. The number of azo groups is 4. The van der Waals surface area contributed by atoms with Crippen molar-refractivity contribution in [3.63, 3.8) is 0 Å². The molecule has 5 heterocycles. The molecule has 5 aromatic heterocycles. The molecule has 0 aliphatic rings. The molecule has 7 aromatic carbocycles. The Labute approximate surface area is 795 Å². The molecule has 0 fully saturated rings. The van der Waals surface area contributed by atoms with E-state index >= 15 is 0 Å². The summed E-state index contributed by atoms with van der Waals surface area (Å²) in [6.07, 6.45) is -0.567. The monoisotopic (exact) mass is 2120 g/mol. The molecule has 0 atom stereocenters. The van der Waals surface area contributed by atoms with Gasteiger partial charge in [-0.1, -0.05) is 45.2 Å². The van der Waals surface area contributed by atoms with Crippen LogP contribution in [0.4, 0.5) is 80.4 Å². The Morgan fingerprint density at radius 2 is 1.00 bits per heavy atom. The van der Waals surface area contributed by atoms with Crippen LogP contribution in [-0.2, 0) is 92.5 Å². The van der Waals surface area contributed by atoms with Crippen LogP contribution in [0.15, 0.2) is 199 Å². The summed E-state index contributed by atoms with van der Waals surface area (Å²) in [5.74, 6) is -4.84. The first-order valence-corrected chi connectivity index (χ1v) is 51.5. The molecule has 12 rings (SSSR count). The minimum Gasteiger partial charge on any atom is -0.493 e. The molecule has 734 valence electrons. The number of para-hydroxylation sites is 4. The molecule has 0 aliphatic carbocycles. The number of nitrogens with zero attached hydrogens (tertiary/aromatic N) is 17. The van der Waals surface area contributed by atoms with Crippen LogP contribution in [-0.4, -0.2) is 207 Å². The van der Waals surface area contributed by atoms with E-state index < -0.39 is 160 Å². The van der Waals surface area contributed by atoms with Gasteiger partial charge >= 0.3 is 31.8 Å². The summed E-state index contributed by atoms with van der Waals surface area (Å²) in [5, 5.41) is 86.2. The lowest BCUT2D eigenvalue weighted by Gasteiger charge is -2.15. The molecule has 0 unspecified atom stereocenters. The normalized spacial score (nSPS) is 11.7. The second-order valence-electron chi connectivity index (χ2n) is 27.1. The summed E-state index contributed by atoms with van der Waals surface area (Å²) in [7, 11) is -37.3. The number of non-ortho nitro benzene ring substituents is 1. The lowest BCUT2D eigenvalue weighted by molar-refractivity contribution is -0.385. The molecule has 138 heavy (non-hydrogen) atoms. The van der Waals surface area contributed by atoms with Crippen molar-refractivity contribution < 1.29 is 130 Å². The van der Waals surface area contributed by atoms with Crippen molar-refractivity contribution in [2.75, 3.05) is 63.6 Å². The van der Waals surface area contributed by atoms with Gasteiger partial charge in [0, 0.05) is 51.9 Å². The van der Waals surface area contributed by atoms with Crippen molar-refractivity contribution in [3.8, 4) is 23.8 Å². The van der Waals surface area contributed by atoms with Crippen molar-refractivity contribution in [3.05, 3.63) is 187 Å². The number of pyridine rings is 2. The molecule has 12 aromatic rings. The van der Waals surface area contributed by atoms with Crippen molar-refractivity contribution in [2.24, 2.45) is 40.9 Å². The molecule has 0 radical (unpaired) electrons. The molecule has 0 amide bonds. The van der Waals surface area contributed by atoms with Crippen LogP contribution in [0.1, 0.15) is 67.5 Å². The van der Waals surface area contributed by atoms with E-state index in [1.54, 1.807) is 42.5 Å². The third kappa shape index (κ3) is 33.8. The highest BCUT2D eigenvalue weighted by molar-refractivity contribution is 7.99. The number of thioether (sulfide) groups is 2. The number of ether oxygens (including phenoxy) is 1. The van der Waals surface area contributed by atoms with E-state index in [0.29, 0.717) is 39.4 Å². The van der Waals surface area contributed by atoms with E-state index in [0.717, 1.165) is 58.8 Å². The minimum atomic E-state index is -5.13. The van der Waals surface area contributed by atoms with E-state index in [1.165, 1.54) is 72.8 Å². The van der Waals surface area contributed by atoms with Crippen LogP contribution in [0.25, 0.3) is 33.4 Å². The van der Waals surface area contributed by atoms with Crippen molar-refractivity contribution in [2.45, 2.75) is 81.4 Å². The fourth-order valence-electron chi connectivity index (χ4n) is 11.7. The van der Waals surface area contributed by atoms with Crippen LogP contribution in [0.5, 0.6) is 11.6 Å². The van der Waals surface area contributed by atoms with Crippen molar-refractivity contribution in [1.29, 1.82) is 10.5 Å². The first kappa shape index (κ1) is 113. The van der Waals surface area contributed by atoms with Crippen LogP contribution >= 0.6 is 23.5 Å². The second kappa shape index (κ2) is 49.2. The van der Waals surface area contributed by atoms with Gasteiger partial charge in [0.25, 0.3) is 72.0 Å². The Hall–Kier alpha value is -13.9. The number of nitrogens with one attached hydrogen (secondary N) is 4. The molecule has 0 bridgehead atoms. The molecule has 0 aliphatic heterocycles. The predicted octanol–water partition coefficient (Wildman–Crippen LogP) is 12.6. The highest BCUT2D eigenvalue weighted by atomic mass is 32.2. The Morgan fingerprint density at radius 1 is 0.507 bits per heavy atom. The number of aryl methyl sites for hydroxylation is 3. The average molecular weight is 2120 g/mol. The number of nitriles is 2. The number of aromatic amines is 1. The Bertz CT molecular complexity index is 8050. The Morgan fingerprint density at radius 3 is 1.56 bits per heavy atom. The summed E-state index contributed by atoms with van der Waals surface area (Å²) in [6, 6.07) is 35.3. The third-order valence-corrected chi connectivity index (χ3v) is 24.5. The van der Waals surface area contributed by atoms with Gasteiger partial charge in [-0.25, -0.2) is 4.98 Å². The van der Waals surface area contributed by atoms with Gasteiger partial charge in [0.15, 0.2) is 11.3 Å². The molecule has 53 nitrogen and oxygen atoms in total. The molecule has 11 N–H and O–H groups in total. The van der Waals surface area contributed by atoms with Crippen LogP contribution in [0.3, 0.4) is 0 Å². The summed E-state index contributed by atoms with van der Waals surface area (Å²) < 4.78 is 287. The smallest absolute Gasteiger partial charge is 0.425 e. The Kier molecular flexibility index (Phi) is 40.2. The number of H-pyrrole nitrogens is 1. The van der Waals surface area contributed by atoms with Gasteiger partial charge in [-0.05, 0) is 154 Å². The van der Waals surface area contributed by atoms with Gasteiger partial charge in [-0.3, -0.25) is 51.0 Å². The maximum atomic E-state index is 12.4. The third-order valence-electron chi connectivity index (χ3n) is 17.4. The van der Waals surface area contributed by atoms with Crippen molar-refractivity contribution in [1.82, 2.24) is 33.7 Å². The number of aromatic nitrogens is 7. The van der Waals surface area contributed by atoms with Crippen molar-refractivity contribution >= 4 is 230 Å². The zero-order chi connectivity index (χ0) is 101. The zero-order valence-corrected chi connectivity index (χ0v) is 78.4. The number of fused-ring (bicyclic) bond motifs is 6. The number of nitro groups is 1. The van der Waals surface area contributed by atoms with Crippen LogP contribution in [0, 0.1) is 60.5 Å². The second-order valence-corrected chi connectivity index (χ2v) is 39.7. The number of rotatable bonds is 34. The summed E-state index contributed by atoms with van der Waals surface area (Å²) in [5.41, 5.74) is 3.37. The SMILES string of the molecule is C.C.Cc1cc(=O)n2c([nH]c3ccccc32)c1C#N.Cc1cc(N=Nc2c(C)c(C#N)c3nc4ccccc4n3c2O)c(OCCCS(=O)(=O)O)cc1N=Nc1cc(Nc2nc(NCCS(=O)(=O)O)nc(Nc3cccc(S(=O)(=O)O)c3)n2)c(N=Nc2cc(C)c(N=Nc3ccc([N+](=O)[O-])cc3S(=O)(=O)O)cc2SCCCS(=O)(=O)O)cc1SCCCS(=O)(=O)O.O=S(=O)=O.O=S(=O)=O.O=S(=O)=O. The van der Waals surface area contributed by atoms with Gasteiger partial charge in [0.1, 0.15) is 56.7 Å². The molecular formula is C74H75N21O32S11. The fraction of sp³-hybridized carbons (Fsp3) is 0.230. The number of imidazole rings is 2. The average Bonchev–Trinajstić information content (AvgIpc) is 1.60.